The van der Waals surface area contributed by atoms with Crippen LogP contribution in [0.3, 0.4) is 0 Å². The first-order valence-corrected chi connectivity index (χ1v) is 14.8. The Labute approximate surface area is 235 Å². The quantitative estimate of drug-likeness (QED) is 0.257. The summed E-state index contributed by atoms with van der Waals surface area (Å²) >= 11 is 0. The number of phenols is 1. The number of carbonyl (C=O) groups excluding carboxylic acids is 3. The first-order chi connectivity index (χ1) is 18.5. The van der Waals surface area contributed by atoms with Crippen LogP contribution in [0.4, 0.5) is 0 Å². The lowest BCUT2D eigenvalue weighted by molar-refractivity contribution is -0.143. The van der Waals surface area contributed by atoms with Crippen LogP contribution >= 0.6 is 21.6 Å². The number of rotatable bonds is 8. The Kier molecular flexibility index (Phi) is 10.7. The molecule has 210 valence electrons. The summed E-state index contributed by atoms with van der Waals surface area (Å²) in [4.78, 5) is 52.0. The van der Waals surface area contributed by atoms with Crippen LogP contribution in [0.15, 0.2) is 54.6 Å². The monoisotopic (exact) mass is 574 g/mol. The van der Waals surface area contributed by atoms with Crippen LogP contribution in [0.2, 0.25) is 0 Å². The van der Waals surface area contributed by atoms with Gasteiger partial charge in [-0.2, -0.15) is 0 Å². The van der Waals surface area contributed by atoms with Crippen molar-refractivity contribution in [3.63, 3.8) is 0 Å². The Morgan fingerprint density at radius 3 is 2.31 bits per heavy atom. The molecule has 2 aromatic rings. The van der Waals surface area contributed by atoms with Crippen molar-refractivity contribution in [2.45, 2.75) is 55.6 Å². The largest absolute Gasteiger partial charge is 0.508 e. The molecule has 0 saturated carbocycles. The Balaban J connectivity index is 1.84. The fourth-order valence-electron chi connectivity index (χ4n) is 4.06. The van der Waals surface area contributed by atoms with Crippen LogP contribution in [-0.4, -0.2) is 75.6 Å². The van der Waals surface area contributed by atoms with Gasteiger partial charge in [-0.25, -0.2) is 4.79 Å². The molecule has 3 amide bonds. The summed E-state index contributed by atoms with van der Waals surface area (Å²) in [5, 5.41) is 30.5. The molecule has 10 nitrogen and oxygen atoms in total. The number of aromatic hydroxyl groups is 1. The van der Waals surface area contributed by atoms with Crippen LogP contribution in [0.5, 0.6) is 5.75 Å². The van der Waals surface area contributed by atoms with Crippen molar-refractivity contribution in [2.24, 2.45) is 0 Å². The standard InChI is InChI=1S/C27H34N4O6S2/c1-27(2)22(26(36)37)31-24(34)20(14-16-7-5-4-6-8-16)29-25(35)21(15-38-39-27)30-23(33)19(28-3)13-17-9-11-18(32)12-10-17/h4-12,19-22,28,32H,13-15H2,1-3H3,(H,29,35)(H,30,33)(H,31,34)(H,36,37)/t19-,20-,21?,22-/m0/s1. The van der Waals surface area contributed by atoms with E-state index in [2.05, 4.69) is 21.3 Å². The van der Waals surface area contributed by atoms with E-state index in [9.17, 15) is 29.4 Å². The van der Waals surface area contributed by atoms with E-state index in [0.717, 1.165) is 11.1 Å². The second kappa shape index (κ2) is 13.7. The fourth-order valence-corrected chi connectivity index (χ4v) is 6.87. The van der Waals surface area contributed by atoms with Gasteiger partial charge in [0.2, 0.25) is 17.7 Å². The Morgan fingerprint density at radius 2 is 1.69 bits per heavy atom. The molecule has 0 aromatic heterocycles. The number of nitrogens with one attached hydrogen (secondary N) is 4. The number of carboxylic acid groups (broad SMARTS) is 1. The molecule has 1 fully saturated rings. The first kappa shape index (κ1) is 30.3. The van der Waals surface area contributed by atoms with E-state index < -0.39 is 52.6 Å². The highest BCUT2D eigenvalue weighted by atomic mass is 33.1. The molecule has 6 N–H and O–H groups in total. The van der Waals surface area contributed by atoms with Gasteiger partial charge >= 0.3 is 5.97 Å². The molecule has 1 heterocycles. The summed E-state index contributed by atoms with van der Waals surface area (Å²) in [6, 6.07) is 11.7. The predicted octanol–water partition coefficient (Wildman–Crippen LogP) is 1.48. The van der Waals surface area contributed by atoms with Gasteiger partial charge in [0.15, 0.2) is 0 Å². The third-order valence-corrected chi connectivity index (χ3v) is 9.63. The summed E-state index contributed by atoms with van der Waals surface area (Å²) in [5.74, 6) is -2.47. The number of phenolic OH excluding ortho intramolecular Hbond substituents is 1. The predicted molar refractivity (Wildman–Crippen MR) is 152 cm³/mol. The van der Waals surface area contributed by atoms with Gasteiger partial charge in [0, 0.05) is 12.2 Å². The molecular formula is C27H34N4O6S2. The number of amides is 3. The molecule has 3 rings (SSSR count). The van der Waals surface area contributed by atoms with E-state index in [4.69, 9.17) is 0 Å². The molecule has 4 atom stereocenters. The lowest BCUT2D eigenvalue weighted by Gasteiger charge is -2.31. The van der Waals surface area contributed by atoms with Crippen LogP contribution in [0, 0.1) is 0 Å². The zero-order chi connectivity index (χ0) is 28.6. The highest BCUT2D eigenvalue weighted by Gasteiger charge is 2.40. The van der Waals surface area contributed by atoms with Gasteiger partial charge in [0.25, 0.3) is 0 Å². The molecule has 39 heavy (non-hydrogen) atoms. The number of carboxylic acids is 1. The van der Waals surface area contributed by atoms with Crippen molar-refractivity contribution in [1.82, 2.24) is 21.3 Å². The van der Waals surface area contributed by atoms with E-state index in [1.54, 1.807) is 33.0 Å². The third-order valence-electron chi connectivity index (χ3n) is 6.33. The lowest BCUT2D eigenvalue weighted by Crippen LogP contribution is -2.60. The summed E-state index contributed by atoms with van der Waals surface area (Å²) in [6.07, 6.45) is 0.470. The maximum atomic E-state index is 13.4. The zero-order valence-electron chi connectivity index (χ0n) is 22.0. The number of hydrogen-bond acceptors (Lipinski definition) is 8. The SMILES string of the molecule is CN[C@@H](Cc1ccc(O)cc1)C(=O)NC1CSSC(C)(C)[C@H](C(=O)O)NC(=O)[C@H](Cc2ccccc2)NC1=O. The van der Waals surface area contributed by atoms with Gasteiger partial charge in [-0.15, -0.1) is 0 Å². The summed E-state index contributed by atoms with van der Waals surface area (Å²) in [6.45, 7) is 3.43. The van der Waals surface area contributed by atoms with Gasteiger partial charge in [-0.1, -0.05) is 64.1 Å². The first-order valence-electron chi connectivity index (χ1n) is 12.4. The van der Waals surface area contributed by atoms with E-state index in [-0.39, 0.29) is 17.9 Å². The average molecular weight is 575 g/mol. The number of hydrogen-bond donors (Lipinski definition) is 6. The lowest BCUT2D eigenvalue weighted by atomic mass is 10.0. The smallest absolute Gasteiger partial charge is 0.327 e. The van der Waals surface area contributed by atoms with Crippen molar-refractivity contribution in [1.29, 1.82) is 0 Å². The molecule has 1 unspecified atom stereocenters. The second-order valence-corrected chi connectivity index (χ2v) is 12.8. The minimum Gasteiger partial charge on any atom is -0.508 e. The Bertz CT molecular complexity index is 1160. The van der Waals surface area contributed by atoms with Crippen molar-refractivity contribution < 1.29 is 29.4 Å². The van der Waals surface area contributed by atoms with E-state index in [1.807, 2.05) is 30.3 Å². The minimum atomic E-state index is -1.21. The van der Waals surface area contributed by atoms with Crippen molar-refractivity contribution in [2.75, 3.05) is 12.8 Å². The van der Waals surface area contributed by atoms with Crippen molar-refractivity contribution in [3.8, 4) is 5.75 Å². The number of carbonyl (C=O) groups is 4. The zero-order valence-corrected chi connectivity index (χ0v) is 23.6. The van der Waals surface area contributed by atoms with E-state index in [0.29, 0.717) is 6.42 Å². The maximum absolute atomic E-state index is 13.4. The van der Waals surface area contributed by atoms with Gasteiger partial charge < -0.3 is 31.5 Å². The van der Waals surface area contributed by atoms with Gasteiger partial charge in [-0.05, 0) is 50.6 Å². The van der Waals surface area contributed by atoms with Gasteiger partial charge in [0.05, 0.1) is 10.8 Å². The molecule has 2 aromatic carbocycles. The maximum Gasteiger partial charge on any atom is 0.327 e. The molecule has 1 aliphatic heterocycles. The summed E-state index contributed by atoms with van der Waals surface area (Å²) in [5.41, 5.74) is 1.60. The van der Waals surface area contributed by atoms with Crippen LogP contribution in [-0.2, 0) is 32.0 Å². The molecule has 0 bridgehead atoms. The van der Waals surface area contributed by atoms with Crippen LogP contribution < -0.4 is 21.3 Å². The molecule has 1 aliphatic rings. The van der Waals surface area contributed by atoms with E-state index >= 15 is 0 Å². The van der Waals surface area contributed by atoms with Crippen molar-refractivity contribution in [3.05, 3.63) is 65.7 Å². The summed E-state index contributed by atoms with van der Waals surface area (Å²) in [7, 11) is 4.12. The molecule has 12 heteroatoms. The van der Waals surface area contributed by atoms with Crippen molar-refractivity contribution >= 4 is 45.3 Å². The molecule has 1 saturated heterocycles. The third kappa shape index (κ3) is 8.64. The molecule has 0 spiro atoms. The molecule has 0 aliphatic carbocycles. The van der Waals surface area contributed by atoms with E-state index in [1.165, 1.54) is 33.7 Å². The summed E-state index contributed by atoms with van der Waals surface area (Å²) < 4.78 is -0.919. The molecule has 0 radical (unpaired) electrons. The van der Waals surface area contributed by atoms with Crippen LogP contribution in [0.1, 0.15) is 25.0 Å². The minimum absolute atomic E-state index is 0.120. The topological polar surface area (TPSA) is 157 Å². The Hall–Kier alpha value is -3.22. The number of benzene rings is 2. The highest BCUT2D eigenvalue weighted by Crippen LogP contribution is 2.39. The molecular weight excluding hydrogens is 540 g/mol. The van der Waals surface area contributed by atoms with Gasteiger partial charge in [-0.3, -0.25) is 14.4 Å². The fraction of sp³-hybridized carbons (Fsp3) is 0.407. The van der Waals surface area contributed by atoms with Crippen LogP contribution in [0.25, 0.3) is 0 Å². The number of likely N-dealkylation sites (N-methyl/N-ethyl adjacent to an activating group) is 1. The van der Waals surface area contributed by atoms with Gasteiger partial charge in [0.1, 0.15) is 23.9 Å². The normalized spacial score (nSPS) is 22.5. The second-order valence-electron chi connectivity index (χ2n) is 9.78. The number of aliphatic carboxylic acids is 1. The highest BCUT2D eigenvalue weighted by molar-refractivity contribution is 8.77. The average Bonchev–Trinajstić information content (AvgIpc) is 2.91. The Morgan fingerprint density at radius 1 is 1.03 bits per heavy atom.